The standard InChI is InChI=1S/C12H17NO4/c1-12(7-14,8-15)13-10(11(16)17)9-5-3-2-4-6-9/h2-6,10,13-15H,7-8H2,1H3,(H,16,17). The Balaban J connectivity index is 2.92. The Hall–Kier alpha value is -1.43. The molecule has 0 radical (unpaired) electrons. The van der Waals surface area contributed by atoms with Crippen molar-refractivity contribution in [3.05, 3.63) is 35.9 Å². The van der Waals surface area contributed by atoms with E-state index in [2.05, 4.69) is 5.32 Å². The molecular weight excluding hydrogens is 222 g/mol. The van der Waals surface area contributed by atoms with Gasteiger partial charge < -0.3 is 15.3 Å². The number of aliphatic hydroxyl groups is 2. The summed E-state index contributed by atoms with van der Waals surface area (Å²) >= 11 is 0. The Kier molecular flexibility index (Phi) is 4.62. The predicted molar refractivity (Wildman–Crippen MR) is 62.5 cm³/mol. The zero-order chi connectivity index (χ0) is 12.9. The molecule has 94 valence electrons. The number of rotatable bonds is 6. The number of hydrogen-bond donors (Lipinski definition) is 4. The zero-order valence-corrected chi connectivity index (χ0v) is 9.63. The largest absolute Gasteiger partial charge is 0.480 e. The molecule has 5 heteroatoms. The van der Waals surface area contributed by atoms with Gasteiger partial charge in [-0.3, -0.25) is 10.1 Å². The van der Waals surface area contributed by atoms with Crippen molar-refractivity contribution < 1.29 is 20.1 Å². The molecule has 0 saturated heterocycles. The third kappa shape index (κ3) is 3.52. The van der Waals surface area contributed by atoms with Crippen LogP contribution in [0.15, 0.2) is 30.3 Å². The van der Waals surface area contributed by atoms with Gasteiger partial charge in [-0.2, -0.15) is 0 Å². The lowest BCUT2D eigenvalue weighted by molar-refractivity contribution is -0.140. The second kappa shape index (κ2) is 5.77. The van der Waals surface area contributed by atoms with Crippen molar-refractivity contribution in [2.24, 2.45) is 0 Å². The molecule has 0 bridgehead atoms. The summed E-state index contributed by atoms with van der Waals surface area (Å²) in [5, 5.41) is 30.2. The predicted octanol–water partition coefficient (Wildman–Crippen LogP) is 0.145. The first-order valence-corrected chi connectivity index (χ1v) is 5.29. The molecule has 5 nitrogen and oxygen atoms in total. The number of hydrogen-bond acceptors (Lipinski definition) is 4. The Bertz CT molecular complexity index is 362. The molecule has 4 N–H and O–H groups in total. The molecule has 0 spiro atoms. The van der Waals surface area contributed by atoms with Crippen molar-refractivity contribution in [1.82, 2.24) is 5.32 Å². The lowest BCUT2D eigenvalue weighted by atomic mass is 10.00. The Morgan fingerprint density at radius 1 is 1.29 bits per heavy atom. The molecule has 0 saturated carbocycles. The third-order valence-electron chi connectivity index (χ3n) is 2.57. The quantitative estimate of drug-likeness (QED) is 0.567. The van der Waals surface area contributed by atoms with Gasteiger partial charge in [-0.05, 0) is 12.5 Å². The van der Waals surface area contributed by atoms with Gasteiger partial charge >= 0.3 is 5.97 Å². The van der Waals surface area contributed by atoms with Gasteiger partial charge in [0.1, 0.15) is 6.04 Å². The fourth-order valence-corrected chi connectivity index (χ4v) is 1.42. The maximum atomic E-state index is 11.2. The highest BCUT2D eigenvalue weighted by atomic mass is 16.4. The maximum absolute atomic E-state index is 11.2. The number of aliphatic carboxylic acids is 1. The van der Waals surface area contributed by atoms with E-state index in [1.807, 2.05) is 0 Å². The lowest BCUT2D eigenvalue weighted by Crippen LogP contribution is -2.52. The van der Waals surface area contributed by atoms with Crippen LogP contribution in [0.3, 0.4) is 0 Å². The van der Waals surface area contributed by atoms with Crippen LogP contribution in [-0.4, -0.2) is 40.0 Å². The van der Waals surface area contributed by atoms with Crippen molar-refractivity contribution in [3.63, 3.8) is 0 Å². The summed E-state index contributed by atoms with van der Waals surface area (Å²) in [7, 11) is 0. The zero-order valence-electron chi connectivity index (χ0n) is 9.63. The van der Waals surface area contributed by atoms with Crippen LogP contribution in [0.25, 0.3) is 0 Å². The number of carboxylic acids is 1. The summed E-state index contributed by atoms with van der Waals surface area (Å²) in [4.78, 5) is 11.2. The first-order valence-electron chi connectivity index (χ1n) is 5.29. The van der Waals surface area contributed by atoms with Gasteiger partial charge in [0.2, 0.25) is 0 Å². The van der Waals surface area contributed by atoms with Crippen molar-refractivity contribution in [2.75, 3.05) is 13.2 Å². The smallest absolute Gasteiger partial charge is 0.325 e. The molecule has 1 unspecified atom stereocenters. The summed E-state index contributed by atoms with van der Waals surface area (Å²) in [6, 6.07) is 7.67. The van der Waals surface area contributed by atoms with Crippen molar-refractivity contribution >= 4 is 5.97 Å². The van der Waals surface area contributed by atoms with Crippen LogP contribution >= 0.6 is 0 Å². The Morgan fingerprint density at radius 3 is 2.24 bits per heavy atom. The molecular formula is C12H17NO4. The van der Waals surface area contributed by atoms with E-state index >= 15 is 0 Å². The van der Waals surface area contributed by atoms with E-state index < -0.39 is 17.6 Å². The summed E-state index contributed by atoms with van der Waals surface area (Å²) in [5.74, 6) is -1.05. The van der Waals surface area contributed by atoms with Crippen LogP contribution in [0.5, 0.6) is 0 Å². The van der Waals surface area contributed by atoms with Gasteiger partial charge in [-0.25, -0.2) is 0 Å². The van der Waals surface area contributed by atoms with Crippen LogP contribution < -0.4 is 5.32 Å². The average molecular weight is 239 g/mol. The van der Waals surface area contributed by atoms with E-state index in [1.54, 1.807) is 37.3 Å². The molecule has 0 aliphatic carbocycles. The normalized spacial score (nSPS) is 13.4. The summed E-state index contributed by atoms with van der Waals surface area (Å²) in [6.07, 6.45) is 0. The van der Waals surface area contributed by atoms with Crippen LogP contribution in [0.1, 0.15) is 18.5 Å². The summed E-state index contributed by atoms with van der Waals surface area (Å²) < 4.78 is 0. The Morgan fingerprint density at radius 2 is 1.82 bits per heavy atom. The molecule has 0 aromatic heterocycles. The molecule has 0 fully saturated rings. The van der Waals surface area contributed by atoms with E-state index in [4.69, 9.17) is 15.3 Å². The highest BCUT2D eigenvalue weighted by molar-refractivity contribution is 5.75. The number of carbonyl (C=O) groups is 1. The average Bonchev–Trinajstić information content (AvgIpc) is 2.36. The van der Waals surface area contributed by atoms with Crippen molar-refractivity contribution in [3.8, 4) is 0 Å². The molecule has 0 aliphatic rings. The van der Waals surface area contributed by atoms with E-state index in [9.17, 15) is 4.79 Å². The minimum atomic E-state index is -1.05. The molecule has 1 aromatic carbocycles. The van der Waals surface area contributed by atoms with E-state index in [0.29, 0.717) is 5.56 Å². The number of carboxylic acid groups (broad SMARTS) is 1. The fourth-order valence-electron chi connectivity index (χ4n) is 1.42. The van der Waals surface area contributed by atoms with Gasteiger partial charge in [0.25, 0.3) is 0 Å². The number of aliphatic hydroxyl groups excluding tert-OH is 2. The second-order valence-electron chi connectivity index (χ2n) is 4.20. The van der Waals surface area contributed by atoms with Crippen LogP contribution in [0, 0.1) is 0 Å². The van der Waals surface area contributed by atoms with Gasteiger partial charge in [-0.15, -0.1) is 0 Å². The number of nitrogens with one attached hydrogen (secondary N) is 1. The highest BCUT2D eigenvalue weighted by Crippen LogP contribution is 2.17. The molecule has 1 rings (SSSR count). The van der Waals surface area contributed by atoms with E-state index in [0.717, 1.165) is 0 Å². The van der Waals surface area contributed by atoms with Gasteiger partial charge in [0.15, 0.2) is 0 Å². The summed E-state index contributed by atoms with van der Waals surface area (Å²) in [5.41, 5.74) is -0.452. The van der Waals surface area contributed by atoms with Gasteiger partial charge in [0.05, 0.1) is 18.8 Å². The molecule has 1 atom stereocenters. The molecule has 17 heavy (non-hydrogen) atoms. The first-order chi connectivity index (χ1) is 8.02. The second-order valence-corrected chi connectivity index (χ2v) is 4.20. The van der Waals surface area contributed by atoms with Crippen LogP contribution in [0.4, 0.5) is 0 Å². The van der Waals surface area contributed by atoms with Crippen LogP contribution in [0.2, 0.25) is 0 Å². The van der Waals surface area contributed by atoms with Crippen LogP contribution in [-0.2, 0) is 4.79 Å². The molecule has 1 aromatic rings. The molecule has 0 heterocycles. The fraction of sp³-hybridized carbons (Fsp3) is 0.417. The highest BCUT2D eigenvalue weighted by Gasteiger charge is 2.30. The van der Waals surface area contributed by atoms with Crippen molar-refractivity contribution in [2.45, 2.75) is 18.5 Å². The van der Waals surface area contributed by atoms with E-state index in [-0.39, 0.29) is 13.2 Å². The lowest BCUT2D eigenvalue weighted by Gasteiger charge is -2.30. The first kappa shape index (κ1) is 13.6. The molecule has 0 aliphatic heterocycles. The monoisotopic (exact) mass is 239 g/mol. The minimum absolute atomic E-state index is 0.347. The van der Waals surface area contributed by atoms with Gasteiger partial charge in [-0.1, -0.05) is 30.3 Å². The Labute approximate surface area is 99.7 Å². The number of benzene rings is 1. The van der Waals surface area contributed by atoms with E-state index in [1.165, 1.54) is 0 Å². The maximum Gasteiger partial charge on any atom is 0.325 e. The minimum Gasteiger partial charge on any atom is -0.480 e. The summed E-state index contributed by atoms with van der Waals surface area (Å²) in [6.45, 7) is 0.867. The third-order valence-corrected chi connectivity index (χ3v) is 2.57. The van der Waals surface area contributed by atoms with Crippen molar-refractivity contribution in [1.29, 1.82) is 0 Å². The molecule has 0 amide bonds. The van der Waals surface area contributed by atoms with Gasteiger partial charge in [0, 0.05) is 0 Å². The SMILES string of the molecule is CC(CO)(CO)NC(C(=O)O)c1ccccc1. The topological polar surface area (TPSA) is 89.8 Å².